The SMILES string of the molecule is CC[C@H](Nc1ncnc2[nH]cnc12)c1nc2cccc(F)c2c(=O)[nH]1. The minimum Gasteiger partial charge on any atom is -0.358 e. The molecule has 3 aromatic heterocycles. The fourth-order valence-electron chi connectivity index (χ4n) is 2.73. The van der Waals surface area contributed by atoms with Gasteiger partial charge in [0.25, 0.3) is 5.56 Å². The molecule has 0 saturated heterocycles. The molecule has 0 spiro atoms. The predicted molar refractivity (Wildman–Crippen MR) is 90.7 cm³/mol. The predicted octanol–water partition coefficient (Wildman–Crippen LogP) is 2.29. The van der Waals surface area contributed by atoms with Crippen LogP contribution in [0.4, 0.5) is 10.2 Å². The monoisotopic (exact) mass is 339 g/mol. The molecule has 1 aromatic carbocycles. The quantitative estimate of drug-likeness (QED) is 0.526. The molecule has 0 aliphatic heterocycles. The molecule has 1 atom stereocenters. The Morgan fingerprint density at radius 2 is 2.16 bits per heavy atom. The number of H-pyrrole nitrogens is 2. The number of hydrogen-bond donors (Lipinski definition) is 3. The van der Waals surface area contributed by atoms with E-state index in [1.54, 1.807) is 6.07 Å². The zero-order valence-electron chi connectivity index (χ0n) is 13.2. The Balaban J connectivity index is 1.78. The van der Waals surface area contributed by atoms with Crippen molar-refractivity contribution >= 4 is 27.9 Å². The molecule has 0 amide bonds. The highest BCUT2D eigenvalue weighted by molar-refractivity contribution is 5.82. The van der Waals surface area contributed by atoms with Crippen LogP contribution in [0.25, 0.3) is 22.1 Å². The van der Waals surface area contributed by atoms with Gasteiger partial charge in [-0.15, -0.1) is 0 Å². The maximum Gasteiger partial charge on any atom is 0.261 e. The molecule has 25 heavy (non-hydrogen) atoms. The number of benzene rings is 1. The summed E-state index contributed by atoms with van der Waals surface area (Å²) in [5.41, 5.74) is 1.00. The van der Waals surface area contributed by atoms with Gasteiger partial charge in [0.15, 0.2) is 11.5 Å². The van der Waals surface area contributed by atoms with E-state index < -0.39 is 11.4 Å². The highest BCUT2D eigenvalue weighted by atomic mass is 19.1. The van der Waals surface area contributed by atoms with Crippen molar-refractivity contribution in [2.75, 3.05) is 5.32 Å². The molecule has 3 heterocycles. The van der Waals surface area contributed by atoms with Crippen LogP contribution in [-0.4, -0.2) is 29.9 Å². The Hall–Kier alpha value is -3.36. The van der Waals surface area contributed by atoms with E-state index in [4.69, 9.17) is 0 Å². The lowest BCUT2D eigenvalue weighted by Crippen LogP contribution is -2.20. The lowest BCUT2D eigenvalue weighted by Gasteiger charge is -2.17. The van der Waals surface area contributed by atoms with Gasteiger partial charge in [-0.2, -0.15) is 0 Å². The summed E-state index contributed by atoms with van der Waals surface area (Å²) >= 11 is 0. The van der Waals surface area contributed by atoms with Crippen molar-refractivity contribution in [1.29, 1.82) is 0 Å². The molecule has 3 N–H and O–H groups in total. The topological polar surface area (TPSA) is 112 Å². The van der Waals surface area contributed by atoms with Crippen molar-refractivity contribution in [3.8, 4) is 0 Å². The van der Waals surface area contributed by atoms with Crippen molar-refractivity contribution < 1.29 is 4.39 Å². The molecule has 0 radical (unpaired) electrons. The summed E-state index contributed by atoms with van der Waals surface area (Å²) in [5, 5.41) is 3.18. The normalized spacial score (nSPS) is 12.6. The minimum absolute atomic E-state index is 0.0437. The molecule has 0 unspecified atom stereocenters. The van der Waals surface area contributed by atoms with Crippen molar-refractivity contribution in [3.05, 3.63) is 52.8 Å². The number of fused-ring (bicyclic) bond motifs is 2. The molecule has 0 aliphatic carbocycles. The number of aromatic amines is 2. The highest BCUT2D eigenvalue weighted by Gasteiger charge is 2.17. The first-order valence-corrected chi connectivity index (χ1v) is 7.76. The highest BCUT2D eigenvalue weighted by Crippen LogP contribution is 2.23. The van der Waals surface area contributed by atoms with Gasteiger partial charge in [-0.05, 0) is 18.6 Å². The smallest absolute Gasteiger partial charge is 0.261 e. The molecular weight excluding hydrogens is 325 g/mol. The summed E-state index contributed by atoms with van der Waals surface area (Å²) in [7, 11) is 0. The number of halogens is 1. The number of aromatic nitrogens is 6. The lowest BCUT2D eigenvalue weighted by molar-refractivity contribution is 0.636. The Bertz CT molecular complexity index is 1120. The molecule has 0 saturated carbocycles. The van der Waals surface area contributed by atoms with Gasteiger partial charge < -0.3 is 15.3 Å². The zero-order valence-corrected chi connectivity index (χ0v) is 13.2. The van der Waals surface area contributed by atoms with Crippen molar-refractivity contribution in [2.24, 2.45) is 0 Å². The Morgan fingerprint density at radius 1 is 1.28 bits per heavy atom. The van der Waals surface area contributed by atoms with Crippen LogP contribution >= 0.6 is 0 Å². The average molecular weight is 339 g/mol. The van der Waals surface area contributed by atoms with E-state index >= 15 is 0 Å². The maximum absolute atomic E-state index is 13.8. The van der Waals surface area contributed by atoms with Crippen LogP contribution in [0.2, 0.25) is 0 Å². The van der Waals surface area contributed by atoms with Gasteiger partial charge in [0, 0.05) is 0 Å². The number of nitrogens with one attached hydrogen (secondary N) is 3. The molecule has 4 aromatic rings. The number of nitrogens with zero attached hydrogens (tertiary/aromatic N) is 4. The van der Waals surface area contributed by atoms with E-state index in [9.17, 15) is 9.18 Å². The van der Waals surface area contributed by atoms with Crippen LogP contribution < -0.4 is 10.9 Å². The fourth-order valence-corrected chi connectivity index (χ4v) is 2.73. The van der Waals surface area contributed by atoms with E-state index in [1.807, 2.05) is 6.92 Å². The summed E-state index contributed by atoms with van der Waals surface area (Å²) < 4.78 is 13.8. The summed E-state index contributed by atoms with van der Waals surface area (Å²) in [6.07, 6.45) is 3.57. The molecular formula is C16H14FN7O. The van der Waals surface area contributed by atoms with Gasteiger partial charge in [0.05, 0.1) is 17.9 Å². The summed E-state index contributed by atoms with van der Waals surface area (Å²) in [6, 6.07) is 4.06. The third kappa shape index (κ3) is 2.59. The van der Waals surface area contributed by atoms with Crippen LogP contribution in [0.3, 0.4) is 0 Å². The Morgan fingerprint density at radius 3 is 3.00 bits per heavy atom. The van der Waals surface area contributed by atoms with Gasteiger partial charge in [-0.1, -0.05) is 13.0 Å². The number of hydrogen-bond acceptors (Lipinski definition) is 6. The third-order valence-electron chi connectivity index (χ3n) is 3.97. The van der Waals surface area contributed by atoms with Crippen LogP contribution in [0.1, 0.15) is 25.2 Å². The number of anilines is 1. The maximum atomic E-state index is 13.8. The second kappa shape index (κ2) is 5.93. The van der Waals surface area contributed by atoms with Crippen LogP contribution in [0.5, 0.6) is 0 Å². The molecule has 0 aliphatic rings. The van der Waals surface area contributed by atoms with Crippen molar-refractivity contribution in [2.45, 2.75) is 19.4 Å². The lowest BCUT2D eigenvalue weighted by atomic mass is 10.2. The van der Waals surface area contributed by atoms with Gasteiger partial charge >= 0.3 is 0 Å². The second-order valence-electron chi connectivity index (χ2n) is 5.51. The van der Waals surface area contributed by atoms with Crippen molar-refractivity contribution in [1.82, 2.24) is 29.9 Å². The zero-order chi connectivity index (χ0) is 17.4. The second-order valence-corrected chi connectivity index (χ2v) is 5.51. The minimum atomic E-state index is -0.590. The summed E-state index contributed by atoms with van der Waals surface area (Å²) in [5.74, 6) is 0.348. The molecule has 0 fully saturated rings. The molecule has 9 heteroatoms. The first-order valence-electron chi connectivity index (χ1n) is 7.76. The van der Waals surface area contributed by atoms with Gasteiger partial charge in [-0.25, -0.2) is 24.3 Å². The number of rotatable bonds is 4. The van der Waals surface area contributed by atoms with Crippen LogP contribution in [0, 0.1) is 5.82 Å². The van der Waals surface area contributed by atoms with Gasteiger partial charge in [0.2, 0.25) is 0 Å². The van der Waals surface area contributed by atoms with E-state index in [0.29, 0.717) is 34.7 Å². The third-order valence-corrected chi connectivity index (χ3v) is 3.97. The molecule has 4 rings (SSSR count). The number of imidazole rings is 1. The van der Waals surface area contributed by atoms with E-state index in [2.05, 4.69) is 35.2 Å². The Labute approximate surface area is 140 Å². The van der Waals surface area contributed by atoms with E-state index in [1.165, 1.54) is 24.8 Å². The molecule has 0 bridgehead atoms. The van der Waals surface area contributed by atoms with Crippen LogP contribution in [0.15, 0.2) is 35.6 Å². The summed E-state index contributed by atoms with van der Waals surface area (Å²) in [4.78, 5) is 34.7. The van der Waals surface area contributed by atoms with Crippen molar-refractivity contribution in [3.63, 3.8) is 0 Å². The standard InChI is InChI=1S/C16H14FN7O/c1-2-9(22-15-12-14(19-6-18-12)20-7-21-15)13-23-10-5-3-4-8(17)11(10)16(25)24-13/h3-7,9H,2H2,1H3,(H,23,24,25)(H2,18,19,20,21,22)/t9-/m0/s1. The van der Waals surface area contributed by atoms with E-state index in [-0.39, 0.29) is 11.4 Å². The van der Waals surface area contributed by atoms with E-state index in [0.717, 1.165) is 0 Å². The summed E-state index contributed by atoms with van der Waals surface area (Å²) in [6.45, 7) is 1.94. The fraction of sp³-hybridized carbons (Fsp3) is 0.188. The first kappa shape index (κ1) is 15.2. The molecule has 126 valence electrons. The van der Waals surface area contributed by atoms with Gasteiger partial charge in [-0.3, -0.25) is 4.79 Å². The first-order chi connectivity index (χ1) is 12.2. The van der Waals surface area contributed by atoms with Crippen LogP contribution in [-0.2, 0) is 0 Å². The Kier molecular flexibility index (Phi) is 3.60. The van der Waals surface area contributed by atoms with Gasteiger partial charge in [0.1, 0.15) is 28.9 Å². The largest absolute Gasteiger partial charge is 0.358 e. The molecule has 8 nitrogen and oxygen atoms in total. The average Bonchev–Trinajstić information content (AvgIpc) is 3.08.